The van der Waals surface area contributed by atoms with Crippen LogP contribution in [0.2, 0.25) is 0 Å². The number of piperidine rings is 1. The van der Waals surface area contributed by atoms with Gasteiger partial charge in [-0.1, -0.05) is 18.2 Å². The van der Waals surface area contributed by atoms with Crippen LogP contribution in [0.3, 0.4) is 0 Å². The van der Waals surface area contributed by atoms with Gasteiger partial charge in [0.15, 0.2) is 11.6 Å². The van der Waals surface area contributed by atoms with Crippen LogP contribution in [0.15, 0.2) is 71.8 Å². The minimum absolute atomic E-state index is 0.186. The molecular formula is C29H27FN6O2. The van der Waals surface area contributed by atoms with Gasteiger partial charge in [-0.3, -0.25) is 4.79 Å². The second-order valence-corrected chi connectivity index (χ2v) is 9.56. The Balaban J connectivity index is 1.29. The van der Waals surface area contributed by atoms with E-state index in [1.54, 1.807) is 18.5 Å². The molecule has 0 spiro atoms. The van der Waals surface area contributed by atoms with E-state index in [2.05, 4.69) is 27.0 Å². The molecule has 0 amide bonds. The summed E-state index contributed by atoms with van der Waals surface area (Å²) >= 11 is 0. The van der Waals surface area contributed by atoms with Gasteiger partial charge in [-0.2, -0.15) is 10.4 Å². The number of ether oxygens (including phenoxy) is 1. The van der Waals surface area contributed by atoms with Gasteiger partial charge in [0.1, 0.15) is 5.82 Å². The van der Waals surface area contributed by atoms with E-state index >= 15 is 0 Å². The van der Waals surface area contributed by atoms with Crippen molar-refractivity contribution in [2.75, 3.05) is 26.7 Å². The van der Waals surface area contributed by atoms with Crippen molar-refractivity contribution >= 4 is 0 Å². The molecule has 1 aliphatic rings. The van der Waals surface area contributed by atoms with Crippen molar-refractivity contribution in [3.05, 3.63) is 94.3 Å². The van der Waals surface area contributed by atoms with E-state index in [9.17, 15) is 9.18 Å². The van der Waals surface area contributed by atoms with Gasteiger partial charge >= 0.3 is 0 Å². The molecule has 0 unspecified atom stereocenters. The molecule has 0 radical (unpaired) electrons. The van der Waals surface area contributed by atoms with Crippen molar-refractivity contribution in [2.45, 2.75) is 19.4 Å². The summed E-state index contributed by atoms with van der Waals surface area (Å²) in [5, 5.41) is 13.5. The molecule has 38 heavy (non-hydrogen) atoms. The minimum Gasteiger partial charge on any atom is -0.490 e. The van der Waals surface area contributed by atoms with Crippen LogP contribution in [0, 0.1) is 23.1 Å². The number of aromatic nitrogens is 4. The summed E-state index contributed by atoms with van der Waals surface area (Å²) < 4.78 is 21.2. The maximum Gasteiger partial charge on any atom is 0.267 e. The van der Waals surface area contributed by atoms with Gasteiger partial charge < -0.3 is 9.64 Å². The number of hydrogen-bond acceptors (Lipinski definition) is 7. The third kappa shape index (κ3) is 6.10. The molecule has 5 rings (SSSR count). The summed E-state index contributed by atoms with van der Waals surface area (Å²) in [4.78, 5) is 23.8. The summed E-state index contributed by atoms with van der Waals surface area (Å²) in [6, 6.07) is 16.4. The van der Waals surface area contributed by atoms with Crippen LogP contribution in [0.1, 0.15) is 24.0 Å². The molecule has 3 heterocycles. The van der Waals surface area contributed by atoms with Crippen LogP contribution in [0.4, 0.5) is 4.39 Å². The second-order valence-electron chi connectivity index (χ2n) is 9.56. The number of likely N-dealkylation sites (tertiary alicyclic amines) is 1. The van der Waals surface area contributed by atoms with E-state index in [1.165, 1.54) is 22.9 Å². The molecule has 4 aromatic rings. The summed E-state index contributed by atoms with van der Waals surface area (Å²) in [6.07, 6.45) is 5.64. The average Bonchev–Trinajstić information content (AvgIpc) is 2.94. The fourth-order valence-corrected chi connectivity index (χ4v) is 4.48. The summed E-state index contributed by atoms with van der Waals surface area (Å²) in [5.74, 6) is 1.21. The number of hydrogen-bond donors (Lipinski definition) is 0. The highest BCUT2D eigenvalue weighted by molar-refractivity contribution is 5.61. The van der Waals surface area contributed by atoms with Crippen molar-refractivity contribution < 1.29 is 9.13 Å². The quantitative estimate of drug-likeness (QED) is 0.369. The topological polar surface area (TPSA) is 96.9 Å². The Kier molecular flexibility index (Phi) is 7.52. The largest absolute Gasteiger partial charge is 0.490 e. The van der Waals surface area contributed by atoms with Crippen LogP contribution >= 0.6 is 0 Å². The maximum absolute atomic E-state index is 13.9. The van der Waals surface area contributed by atoms with E-state index < -0.39 is 5.82 Å². The smallest absolute Gasteiger partial charge is 0.267 e. The Hall–Kier alpha value is -4.42. The lowest BCUT2D eigenvalue weighted by atomic mass is 9.98. The van der Waals surface area contributed by atoms with Crippen LogP contribution in [0.25, 0.3) is 22.6 Å². The van der Waals surface area contributed by atoms with Gasteiger partial charge in [0.05, 0.1) is 42.9 Å². The van der Waals surface area contributed by atoms with Gasteiger partial charge in [0, 0.05) is 17.2 Å². The molecule has 1 fully saturated rings. The Bertz CT molecular complexity index is 1520. The van der Waals surface area contributed by atoms with E-state index in [0.717, 1.165) is 43.1 Å². The predicted octanol–water partition coefficient (Wildman–Crippen LogP) is 4.15. The number of benzene rings is 2. The molecular weight excluding hydrogens is 483 g/mol. The first-order valence-corrected chi connectivity index (χ1v) is 12.5. The summed E-state index contributed by atoms with van der Waals surface area (Å²) in [6.45, 7) is 3.07. The van der Waals surface area contributed by atoms with Crippen molar-refractivity contribution in [1.82, 2.24) is 24.6 Å². The van der Waals surface area contributed by atoms with E-state index in [0.29, 0.717) is 35.4 Å². The number of nitrogens with zero attached hydrogens (tertiary/aromatic N) is 6. The van der Waals surface area contributed by atoms with E-state index in [4.69, 9.17) is 10.00 Å². The normalized spacial score (nSPS) is 14.2. The van der Waals surface area contributed by atoms with Crippen molar-refractivity contribution in [3.8, 4) is 34.5 Å². The van der Waals surface area contributed by atoms with Gasteiger partial charge in [0.2, 0.25) is 0 Å². The van der Waals surface area contributed by atoms with Crippen molar-refractivity contribution in [1.29, 1.82) is 5.26 Å². The molecule has 1 aliphatic heterocycles. The lowest BCUT2D eigenvalue weighted by Crippen LogP contribution is -2.32. The van der Waals surface area contributed by atoms with E-state index in [1.807, 2.05) is 30.3 Å². The highest BCUT2D eigenvalue weighted by Crippen LogP contribution is 2.22. The SMILES string of the molecule is CN1CCC(COc2cnc(-c3cccc(Cn4nc(-c5cc(F)cc(C#N)c5)ccc4=O)c3)nc2)CC1. The Morgan fingerprint density at radius 2 is 1.84 bits per heavy atom. The van der Waals surface area contributed by atoms with Gasteiger partial charge in [-0.05, 0) is 74.8 Å². The average molecular weight is 511 g/mol. The van der Waals surface area contributed by atoms with Gasteiger partial charge in [0.25, 0.3) is 5.56 Å². The van der Waals surface area contributed by atoms with Crippen LogP contribution in [-0.4, -0.2) is 51.4 Å². The fraction of sp³-hybridized carbons (Fsp3) is 0.276. The zero-order chi connectivity index (χ0) is 26.5. The Labute approximate surface area is 220 Å². The fourth-order valence-electron chi connectivity index (χ4n) is 4.48. The standard InChI is InChI=1S/C29H27FN6O2/c1-35-9-7-20(8-10-35)19-38-26-16-32-29(33-17-26)23-4-2-3-21(11-23)18-36-28(37)6-5-27(34-36)24-12-22(15-31)13-25(30)14-24/h2-6,11-14,16-17,20H,7-10,18-19H2,1H3. The molecule has 0 N–H and O–H groups in total. The predicted molar refractivity (Wildman–Crippen MR) is 141 cm³/mol. The summed E-state index contributed by atoms with van der Waals surface area (Å²) in [7, 11) is 2.14. The van der Waals surface area contributed by atoms with Crippen LogP contribution < -0.4 is 10.3 Å². The lowest BCUT2D eigenvalue weighted by molar-refractivity contribution is 0.159. The van der Waals surface area contributed by atoms with Crippen molar-refractivity contribution in [3.63, 3.8) is 0 Å². The molecule has 8 nitrogen and oxygen atoms in total. The Morgan fingerprint density at radius 1 is 1.05 bits per heavy atom. The molecule has 0 aliphatic carbocycles. The number of rotatable bonds is 7. The second kappa shape index (κ2) is 11.3. The molecule has 192 valence electrons. The molecule has 1 saturated heterocycles. The van der Waals surface area contributed by atoms with E-state index in [-0.39, 0.29) is 17.7 Å². The molecule has 2 aromatic heterocycles. The number of halogens is 1. The molecule has 9 heteroatoms. The lowest BCUT2D eigenvalue weighted by Gasteiger charge is -2.28. The first-order valence-electron chi connectivity index (χ1n) is 12.5. The highest BCUT2D eigenvalue weighted by Gasteiger charge is 2.17. The zero-order valence-corrected chi connectivity index (χ0v) is 21.0. The highest BCUT2D eigenvalue weighted by atomic mass is 19.1. The van der Waals surface area contributed by atoms with Gasteiger partial charge in [-0.15, -0.1) is 0 Å². The third-order valence-corrected chi connectivity index (χ3v) is 6.66. The molecule has 0 atom stereocenters. The summed E-state index contributed by atoms with van der Waals surface area (Å²) in [5.41, 5.74) is 2.35. The third-order valence-electron chi connectivity index (χ3n) is 6.66. The van der Waals surface area contributed by atoms with Crippen LogP contribution in [-0.2, 0) is 6.54 Å². The first-order chi connectivity index (χ1) is 18.5. The van der Waals surface area contributed by atoms with Gasteiger partial charge in [-0.25, -0.2) is 19.0 Å². The monoisotopic (exact) mass is 510 g/mol. The molecule has 2 aromatic carbocycles. The molecule has 0 bridgehead atoms. The first kappa shape index (κ1) is 25.2. The zero-order valence-electron chi connectivity index (χ0n) is 21.0. The number of nitriles is 1. The van der Waals surface area contributed by atoms with Crippen LogP contribution in [0.5, 0.6) is 5.75 Å². The van der Waals surface area contributed by atoms with Crippen molar-refractivity contribution in [2.24, 2.45) is 5.92 Å². The molecule has 0 saturated carbocycles. The Morgan fingerprint density at radius 3 is 2.61 bits per heavy atom. The minimum atomic E-state index is -0.537. The maximum atomic E-state index is 13.9.